The van der Waals surface area contributed by atoms with E-state index in [1.165, 1.54) is 49.6 Å². The number of benzene rings is 3. The van der Waals surface area contributed by atoms with Crippen LogP contribution >= 0.6 is 0 Å². The molecule has 0 unspecified atom stereocenters. The normalized spacial score (nSPS) is 17.1. The fourth-order valence-corrected chi connectivity index (χ4v) is 5.45. The van der Waals surface area contributed by atoms with Crippen molar-refractivity contribution in [3.8, 4) is 5.75 Å². The number of halogens is 1. The van der Waals surface area contributed by atoms with Crippen LogP contribution in [0.5, 0.6) is 5.75 Å². The van der Waals surface area contributed by atoms with Crippen LogP contribution in [0.3, 0.4) is 0 Å². The average Bonchev–Trinajstić information content (AvgIpc) is 3.07. The van der Waals surface area contributed by atoms with E-state index in [-0.39, 0.29) is 45.6 Å². The van der Waals surface area contributed by atoms with Gasteiger partial charge < -0.3 is 19.9 Å². The number of nitrogens with zero attached hydrogens (tertiary/aromatic N) is 1. The lowest BCUT2D eigenvalue weighted by Crippen LogP contribution is -2.46. The lowest BCUT2D eigenvalue weighted by atomic mass is 10.1. The first-order valence-corrected chi connectivity index (χ1v) is 12.0. The molecule has 1 saturated heterocycles. The van der Waals surface area contributed by atoms with Crippen LogP contribution < -0.4 is 15.4 Å². The van der Waals surface area contributed by atoms with Crippen LogP contribution in [-0.2, 0) is 29.9 Å². The Balaban J connectivity index is 1.67. The van der Waals surface area contributed by atoms with Gasteiger partial charge in [-0.3, -0.25) is 9.69 Å². The molecule has 176 valence electrons. The Hall–Kier alpha value is -3.47. The van der Waals surface area contributed by atoms with E-state index in [2.05, 4.69) is 0 Å². The number of ether oxygens (including phenoxy) is 3. The van der Waals surface area contributed by atoms with Crippen molar-refractivity contribution in [3.05, 3.63) is 72.0 Å². The molecule has 0 atom stereocenters. The van der Waals surface area contributed by atoms with Gasteiger partial charge in [-0.1, -0.05) is 0 Å². The maximum Gasteiger partial charge on any atom is 0.297 e. The zero-order valence-corrected chi connectivity index (χ0v) is 19.0. The molecule has 0 aliphatic carbocycles. The second kappa shape index (κ2) is 8.08. The topological polar surface area (TPSA) is 108 Å². The molecule has 0 radical (unpaired) electrons. The van der Waals surface area contributed by atoms with Crippen molar-refractivity contribution in [2.24, 2.45) is 0 Å². The fraction of sp³-hybridized carbons (Fsp3) is 0.208. The van der Waals surface area contributed by atoms with Gasteiger partial charge in [0.15, 0.2) is 0 Å². The molecular formula is C24H21FN2O6S. The summed E-state index contributed by atoms with van der Waals surface area (Å²) < 4.78 is 58.2. The largest absolute Gasteiger partial charge is 0.497 e. The number of amides is 1. The number of rotatable bonds is 4. The van der Waals surface area contributed by atoms with Gasteiger partial charge in [0.25, 0.3) is 11.7 Å². The fourth-order valence-electron chi connectivity index (χ4n) is 4.16. The second-order valence-corrected chi connectivity index (χ2v) is 9.83. The van der Waals surface area contributed by atoms with Crippen LogP contribution in [0.1, 0.15) is 12.0 Å². The highest BCUT2D eigenvalue weighted by Gasteiger charge is 2.56. The van der Waals surface area contributed by atoms with Crippen LogP contribution in [0.2, 0.25) is 0 Å². The SMILES string of the molecule is COc1ccc(S(=O)(=O)c2ccc3c(c2)C2(OCCCO2)C(=O)N3c2ccc(N)cc2F)cc1. The number of anilines is 3. The molecule has 0 saturated carbocycles. The minimum Gasteiger partial charge on any atom is -0.497 e. The van der Waals surface area contributed by atoms with Crippen LogP contribution in [0.15, 0.2) is 70.5 Å². The van der Waals surface area contributed by atoms with Crippen LogP contribution in [0.4, 0.5) is 21.5 Å². The van der Waals surface area contributed by atoms with Gasteiger partial charge in [-0.05, 0) is 67.1 Å². The summed E-state index contributed by atoms with van der Waals surface area (Å²) in [7, 11) is -2.45. The molecule has 34 heavy (non-hydrogen) atoms. The smallest absolute Gasteiger partial charge is 0.297 e. The third-order valence-corrected chi connectivity index (χ3v) is 7.61. The molecule has 10 heteroatoms. The number of nitrogens with two attached hydrogens (primary N) is 1. The predicted molar refractivity (Wildman–Crippen MR) is 121 cm³/mol. The molecule has 0 aromatic heterocycles. The van der Waals surface area contributed by atoms with Crippen molar-refractivity contribution in [1.29, 1.82) is 0 Å². The zero-order valence-electron chi connectivity index (χ0n) is 18.2. The number of carbonyl (C=O) groups excluding carboxylic acids is 1. The van der Waals surface area contributed by atoms with Gasteiger partial charge in [-0.2, -0.15) is 0 Å². The first-order valence-electron chi connectivity index (χ1n) is 10.5. The highest BCUT2D eigenvalue weighted by Crippen LogP contribution is 2.49. The lowest BCUT2D eigenvalue weighted by Gasteiger charge is -2.32. The van der Waals surface area contributed by atoms with E-state index in [9.17, 15) is 17.6 Å². The molecule has 3 aromatic carbocycles. The minimum atomic E-state index is -3.94. The monoisotopic (exact) mass is 484 g/mol. The molecule has 1 spiro atoms. The first-order chi connectivity index (χ1) is 16.3. The third kappa shape index (κ3) is 3.33. The summed E-state index contributed by atoms with van der Waals surface area (Å²) in [5, 5.41) is 0. The maximum absolute atomic E-state index is 14.8. The molecular weight excluding hydrogens is 463 g/mol. The number of carbonyl (C=O) groups is 1. The molecule has 2 heterocycles. The number of hydrogen-bond acceptors (Lipinski definition) is 7. The standard InChI is InChI=1S/C24H21FN2O6S/c1-31-16-4-6-17(7-5-16)34(29,30)18-8-10-21-19(14-18)24(32-11-2-12-33-24)23(28)27(21)22-9-3-15(26)13-20(22)25/h3-10,13-14H,2,11-12,26H2,1H3. The first kappa shape index (κ1) is 22.3. The molecule has 1 fully saturated rings. The van der Waals surface area contributed by atoms with Crippen molar-refractivity contribution in [2.45, 2.75) is 22.0 Å². The highest BCUT2D eigenvalue weighted by molar-refractivity contribution is 7.91. The molecule has 1 amide bonds. The Labute approximate surface area is 195 Å². The van der Waals surface area contributed by atoms with E-state index in [0.717, 1.165) is 11.0 Å². The molecule has 0 bridgehead atoms. The Morgan fingerprint density at radius 2 is 1.62 bits per heavy atom. The third-order valence-electron chi connectivity index (χ3n) is 5.84. The number of nitrogen functional groups attached to an aromatic ring is 1. The van der Waals surface area contributed by atoms with Crippen molar-refractivity contribution >= 4 is 32.8 Å². The molecule has 2 aliphatic rings. The summed E-state index contributed by atoms with van der Waals surface area (Å²) in [6, 6.07) is 14.1. The number of methoxy groups -OCH3 is 1. The summed E-state index contributed by atoms with van der Waals surface area (Å²) in [5.74, 6) is -2.72. The van der Waals surface area contributed by atoms with E-state index in [4.69, 9.17) is 19.9 Å². The summed E-state index contributed by atoms with van der Waals surface area (Å²) >= 11 is 0. The van der Waals surface area contributed by atoms with Crippen molar-refractivity contribution in [2.75, 3.05) is 31.0 Å². The van der Waals surface area contributed by atoms with E-state index < -0.39 is 27.3 Å². The predicted octanol–water partition coefficient (Wildman–Crippen LogP) is 3.52. The van der Waals surface area contributed by atoms with Gasteiger partial charge >= 0.3 is 0 Å². The molecule has 3 aromatic rings. The Morgan fingerprint density at radius 1 is 0.971 bits per heavy atom. The Kier molecular flexibility index (Phi) is 5.31. The van der Waals surface area contributed by atoms with Crippen molar-refractivity contribution in [3.63, 3.8) is 0 Å². The maximum atomic E-state index is 14.8. The van der Waals surface area contributed by atoms with Gasteiger partial charge in [0.2, 0.25) is 9.84 Å². The van der Waals surface area contributed by atoms with E-state index >= 15 is 0 Å². The van der Waals surface area contributed by atoms with Crippen LogP contribution in [0.25, 0.3) is 0 Å². The van der Waals surface area contributed by atoms with Gasteiger partial charge in [0.1, 0.15) is 11.6 Å². The summed E-state index contributed by atoms with van der Waals surface area (Å²) in [4.78, 5) is 14.7. The quantitative estimate of drug-likeness (QED) is 0.565. The zero-order chi connectivity index (χ0) is 24.1. The minimum absolute atomic E-state index is 0.0409. The summed E-state index contributed by atoms with van der Waals surface area (Å²) in [6.07, 6.45) is 0.560. The highest BCUT2D eigenvalue weighted by atomic mass is 32.2. The average molecular weight is 485 g/mol. The summed E-state index contributed by atoms with van der Waals surface area (Å²) in [5.41, 5.74) is 6.29. The van der Waals surface area contributed by atoms with Gasteiger partial charge in [0, 0.05) is 11.3 Å². The van der Waals surface area contributed by atoms with Gasteiger partial charge in [0.05, 0.1) is 41.5 Å². The summed E-state index contributed by atoms with van der Waals surface area (Å²) in [6.45, 7) is 0.442. The Bertz CT molecular complexity index is 1390. The van der Waals surface area contributed by atoms with Crippen LogP contribution in [0, 0.1) is 5.82 Å². The molecule has 2 aliphatic heterocycles. The molecule has 8 nitrogen and oxygen atoms in total. The lowest BCUT2D eigenvalue weighted by molar-refractivity contribution is -0.256. The van der Waals surface area contributed by atoms with Gasteiger partial charge in [-0.25, -0.2) is 12.8 Å². The number of fused-ring (bicyclic) bond motifs is 2. The van der Waals surface area contributed by atoms with Gasteiger partial charge in [-0.15, -0.1) is 0 Å². The van der Waals surface area contributed by atoms with E-state index in [1.807, 2.05) is 0 Å². The van der Waals surface area contributed by atoms with E-state index in [1.54, 1.807) is 12.1 Å². The molecule has 5 rings (SSSR count). The number of sulfone groups is 1. The molecule has 2 N–H and O–H groups in total. The van der Waals surface area contributed by atoms with Crippen LogP contribution in [-0.4, -0.2) is 34.6 Å². The van der Waals surface area contributed by atoms with E-state index in [0.29, 0.717) is 12.2 Å². The van der Waals surface area contributed by atoms with Crippen molar-refractivity contribution < 1.29 is 31.8 Å². The number of hydrogen-bond donors (Lipinski definition) is 1. The second-order valence-electron chi connectivity index (χ2n) is 7.88. The van der Waals surface area contributed by atoms with Crippen molar-refractivity contribution in [1.82, 2.24) is 0 Å². The Morgan fingerprint density at radius 3 is 2.26 bits per heavy atom.